The molecule has 5 nitrogen and oxygen atoms in total. The van der Waals surface area contributed by atoms with E-state index < -0.39 is 5.41 Å². The zero-order chi connectivity index (χ0) is 23.0. The standard InChI is InChI=1S/C26H30FN3O2/c1-16-21-13-22(29-25(31)26(2,3)4)18(14-28)12-23(21)30(20-9-7-19(27)8-10-20)24(16)17-6-5-11-32-15-17/h7-10,12-14,17,28H,5-6,11,15H2,1-4H3,(H,29,31). The number of benzene rings is 2. The van der Waals surface area contributed by atoms with Gasteiger partial charge in [-0.05, 0) is 61.7 Å². The molecule has 3 aromatic rings. The molecule has 1 aromatic heterocycles. The summed E-state index contributed by atoms with van der Waals surface area (Å²) in [5.41, 5.74) is 4.76. The number of hydrogen-bond acceptors (Lipinski definition) is 3. The number of amides is 1. The van der Waals surface area contributed by atoms with Gasteiger partial charge >= 0.3 is 0 Å². The highest BCUT2D eigenvalue weighted by Crippen LogP contribution is 2.39. The number of hydrogen-bond donors (Lipinski definition) is 2. The molecule has 1 atom stereocenters. The summed E-state index contributed by atoms with van der Waals surface area (Å²) in [5, 5.41) is 12.0. The largest absolute Gasteiger partial charge is 0.381 e. The van der Waals surface area contributed by atoms with Gasteiger partial charge in [0, 0.05) is 46.5 Å². The van der Waals surface area contributed by atoms with Gasteiger partial charge in [-0.1, -0.05) is 20.8 Å². The molecule has 4 rings (SSSR count). The summed E-state index contributed by atoms with van der Waals surface area (Å²) in [5.74, 6) is -0.162. The molecule has 2 aromatic carbocycles. The molecule has 1 fully saturated rings. The topological polar surface area (TPSA) is 67.1 Å². The van der Waals surface area contributed by atoms with Crippen molar-refractivity contribution >= 4 is 28.7 Å². The number of halogens is 1. The molecule has 1 aliphatic rings. The Labute approximate surface area is 188 Å². The molecular weight excluding hydrogens is 405 g/mol. The monoisotopic (exact) mass is 435 g/mol. The molecule has 2 heterocycles. The summed E-state index contributed by atoms with van der Waals surface area (Å²) in [6.45, 7) is 9.09. The van der Waals surface area contributed by atoms with Crippen molar-refractivity contribution in [2.75, 3.05) is 18.5 Å². The van der Waals surface area contributed by atoms with Gasteiger partial charge in [-0.25, -0.2) is 4.39 Å². The van der Waals surface area contributed by atoms with E-state index in [1.54, 1.807) is 12.1 Å². The second kappa shape index (κ2) is 8.51. The summed E-state index contributed by atoms with van der Waals surface area (Å²) < 4.78 is 21.6. The molecule has 2 N–H and O–H groups in total. The van der Waals surface area contributed by atoms with E-state index in [1.807, 2.05) is 32.9 Å². The maximum atomic E-state index is 13.7. The number of aromatic nitrogens is 1. The van der Waals surface area contributed by atoms with Crippen molar-refractivity contribution in [3.63, 3.8) is 0 Å². The van der Waals surface area contributed by atoms with Crippen molar-refractivity contribution in [3.05, 3.63) is 59.0 Å². The van der Waals surface area contributed by atoms with Crippen molar-refractivity contribution in [3.8, 4) is 5.69 Å². The fourth-order valence-corrected chi connectivity index (χ4v) is 4.38. The average Bonchev–Trinajstić information content (AvgIpc) is 3.05. The third kappa shape index (κ3) is 4.07. The first kappa shape index (κ1) is 22.2. The summed E-state index contributed by atoms with van der Waals surface area (Å²) in [4.78, 5) is 12.7. The third-order valence-electron chi connectivity index (χ3n) is 6.15. The van der Waals surface area contributed by atoms with Crippen LogP contribution in [0, 0.1) is 23.6 Å². The van der Waals surface area contributed by atoms with Gasteiger partial charge < -0.3 is 20.0 Å². The lowest BCUT2D eigenvalue weighted by atomic mass is 9.94. The van der Waals surface area contributed by atoms with Gasteiger partial charge in [0.25, 0.3) is 0 Å². The summed E-state index contributed by atoms with van der Waals surface area (Å²) >= 11 is 0. The molecular formula is C26H30FN3O2. The van der Waals surface area contributed by atoms with Crippen LogP contribution in [0.4, 0.5) is 10.1 Å². The van der Waals surface area contributed by atoms with Crippen LogP contribution in [0.15, 0.2) is 36.4 Å². The summed E-state index contributed by atoms with van der Waals surface area (Å²) in [7, 11) is 0. The van der Waals surface area contributed by atoms with Gasteiger partial charge in [-0.15, -0.1) is 0 Å². The molecule has 1 aliphatic heterocycles. The predicted octanol–water partition coefficient (Wildman–Crippen LogP) is 5.95. The van der Waals surface area contributed by atoms with Gasteiger partial charge in [-0.3, -0.25) is 4.79 Å². The molecule has 1 saturated heterocycles. The second-order valence-electron chi connectivity index (χ2n) is 9.54. The van der Waals surface area contributed by atoms with Crippen LogP contribution >= 0.6 is 0 Å². The van der Waals surface area contributed by atoms with Crippen LogP contribution in [0.3, 0.4) is 0 Å². The molecule has 0 bridgehead atoms. The Morgan fingerprint density at radius 1 is 1.25 bits per heavy atom. The minimum atomic E-state index is -0.548. The molecule has 168 valence electrons. The number of aryl methyl sites for hydroxylation is 1. The fraction of sp³-hybridized carbons (Fsp3) is 0.385. The quantitative estimate of drug-likeness (QED) is 0.497. The Hall–Kier alpha value is -2.99. The smallest absolute Gasteiger partial charge is 0.229 e. The zero-order valence-corrected chi connectivity index (χ0v) is 19.1. The van der Waals surface area contributed by atoms with Crippen LogP contribution in [0.5, 0.6) is 0 Å². The van der Waals surface area contributed by atoms with Crippen molar-refractivity contribution in [2.45, 2.75) is 46.5 Å². The summed E-state index contributed by atoms with van der Waals surface area (Å²) in [6, 6.07) is 10.4. The van der Waals surface area contributed by atoms with E-state index in [-0.39, 0.29) is 17.6 Å². The number of carbonyl (C=O) groups excluding carboxylic acids is 1. The Morgan fingerprint density at radius 2 is 1.97 bits per heavy atom. The predicted molar refractivity (Wildman–Crippen MR) is 127 cm³/mol. The van der Waals surface area contributed by atoms with E-state index in [0.717, 1.165) is 47.3 Å². The van der Waals surface area contributed by atoms with Crippen LogP contribution in [0.1, 0.15) is 56.4 Å². The van der Waals surface area contributed by atoms with Crippen molar-refractivity contribution in [2.24, 2.45) is 5.41 Å². The molecule has 0 saturated carbocycles. The van der Waals surface area contributed by atoms with Gasteiger partial charge in [0.15, 0.2) is 0 Å². The van der Waals surface area contributed by atoms with E-state index in [0.29, 0.717) is 17.9 Å². The first-order chi connectivity index (χ1) is 15.2. The highest BCUT2D eigenvalue weighted by atomic mass is 19.1. The maximum Gasteiger partial charge on any atom is 0.229 e. The maximum absolute atomic E-state index is 13.7. The van der Waals surface area contributed by atoms with Crippen LogP contribution < -0.4 is 5.32 Å². The Morgan fingerprint density at radius 3 is 2.56 bits per heavy atom. The third-order valence-corrected chi connectivity index (χ3v) is 6.15. The molecule has 1 amide bonds. The van der Waals surface area contributed by atoms with Crippen molar-refractivity contribution < 1.29 is 13.9 Å². The Kier molecular flexibility index (Phi) is 5.91. The van der Waals surface area contributed by atoms with Crippen LogP contribution in [-0.4, -0.2) is 29.9 Å². The molecule has 1 unspecified atom stereocenters. The van der Waals surface area contributed by atoms with E-state index in [2.05, 4.69) is 16.8 Å². The van der Waals surface area contributed by atoms with Gasteiger partial charge in [-0.2, -0.15) is 0 Å². The van der Waals surface area contributed by atoms with E-state index in [1.165, 1.54) is 18.3 Å². The molecule has 32 heavy (non-hydrogen) atoms. The van der Waals surface area contributed by atoms with Gasteiger partial charge in [0.2, 0.25) is 5.91 Å². The second-order valence-corrected chi connectivity index (χ2v) is 9.54. The summed E-state index contributed by atoms with van der Waals surface area (Å²) in [6.07, 6.45) is 3.27. The van der Waals surface area contributed by atoms with Crippen LogP contribution in [-0.2, 0) is 9.53 Å². The minimum absolute atomic E-state index is 0.100. The number of nitrogens with zero attached hydrogens (tertiary/aromatic N) is 1. The first-order valence-electron chi connectivity index (χ1n) is 11.0. The molecule has 0 aliphatic carbocycles. The van der Waals surface area contributed by atoms with E-state index >= 15 is 0 Å². The molecule has 0 spiro atoms. The zero-order valence-electron chi connectivity index (χ0n) is 19.1. The van der Waals surface area contributed by atoms with E-state index in [9.17, 15) is 9.18 Å². The normalized spacial score (nSPS) is 16.8. The lowest BCUT2D eigenvalue weighted by molar-refractivity contribution is -0.123. The van der Waals surface area contributed by atoms with Crippen LogP contribution in [0.2, 0.25) is 0 Å². The first-order valence-corrected chi connectivity index (χ1v) is 11.0. The number of anilines is 1. The average molecular weight is 436 g/mol. The van der Waals surface area contributed by atoms with Gasteiger partial charge in [0.05, 0.1) is 17.8 Å². The highest BCUT2D eigenvalue weighted by molar-refractivity contribution is 6.04. The fourth-order valence-electron chi connectivity index (χ4n) is 4.38. The number of ether oxygens (including phenoxy) is 1. The lowest BCUT2D eigenvalue weighted by Gasteiger charge is -2.25. The minimum Gasteiger partial charge on any atom is -0.381 e. The number of carbonyl (C=O) groups is 1. The van der Waals surface area contributed by atoms with Crippen molar-refractivity contribution in [1.82, 2.24) is 4.57 Å². The van der Waals surface area contributed by atoms with Crippen LogP contribution in [0.25, 0.3) is 16.6 Å². The van der Waals surface area contributed by atoms with Gasteiger partial charge in [0.1, 0.15) is 5.82 Å². The molecule has 0 radical (unpaired) electrons. The van der Waals surface area contributed by atoms with Crippen molar-refractivity contribution in [1.29, 1.82) is 5.41 Å². The molecule has 6 heteroatoms. The number of nitrogens with one attached hydrogen (secondary N) is 2. The SMILES string of the molecule is Cc1c(C2CCCOC2)n(-c2ccc(F)cc2)c2cc(C=N)c(NC(=O)C(C)(C)C)cc12. The lowest BCUT2D eigenvalue weighted by Crippen LogP contribution is -2.28. The number of fused-ring (bicyclic) bond motifs is 1. The highest BCUT2D eigenvalue weighted by Gasteiger charge is 2.27. The Bertz CT molecular complexity index is 1170. The van der Waals surface area contributed by atoms with E-state index in [4.69, 9.17) is 10.1 Å². The number of rotatable bonds is 4. The Balaban J connectivity index is 1.95.